The molecule has 17 heavy (non-hydrogen) atoms. The lowest BCUT2D eigenvalue weighted by molar-refractivity contribution is -0.117. The number of hydrogen-bond donors (Lipinski definition) is 2. The van der Waals surface area contributed by atoms with Crippen molar-refractivity contribution < 1.29 is 17.8 Å². The zero-order valence-electron chi connectivity index (χ0n) is 8.52. The van der Waals surface area contributed by atoms with Crippen LogP contribution in [0.5, 0.6) is 0 Å². The Balaban J connectivity index is 2.44. The summed E-state index contributed by atoms with van der Waals surface area (Å²) in [5, 5.41) is 2.30. The van der Waals surface area contributed by atoms with Gasteiger partial charge in [-0.3, -0.25) is 9.35 Å². The molecule has 9 nitrogen and oxygen atoms in total. The summed E-state index contributed by atoms with van der Waals surface area (Å²) in [5.74, 6) is -0.525. The zero-order valence-corrected chi connectivity index (χ0v) is 9.34. The maximum absolute atomic E-state index is 10.9. The molecule has 2 aliphatic heterocycles. The molecule has 0 aromatic rings. The van der Waals surface area contributed by atoms with Gasteiger partial charge in [0.05, 0.1) is 0 Å². The molecule has 0 aliphatic carbocycles. The third-order valence-corrected chi connectivity index (χ3v) is 2.58. The van der Waals surface area contributed by atoms with E-state index in [1.54, 1.807) is 0 Å². The van der Waals surface area contributed by atoms with Crippen LogP contribution in [-0.2, 0) is 14.9 Å². The second kappa shape index (κ2) is 3.82. The third-order valence-electron chi connectivity index (χ3n) is 1.84. The highest BCUT2D eigenvalue weighted by Gasteiger charge is 2.32. The maximum Gasteiger partial charge on any atom is 0.309 e. The Morgan fingerprint density at radius 1 is 1.47 bits per heavy atom. The van der Waals surface area contributed by atoms with E-state index in [1.807, 2.05) is 0 Å². The summed E-state index contributed by atoms with van der Waals surface area (Å²) in [5.41, 5.74) is -1.56. The summed E-state index contributed by atoms with van der Waals surface area (Å²) in [6.45, 7) is 1.23. The first-order valence-electron chi connectivity index (χ1n) is 4.38. The number of rotatable bonds is 1. The predicted octanol–water partition coefficient (Wildman–Crippen LogP) is -1.41. The van der Waals surface area contributed by atoms with Crippen LogP contribution in [0.4, 0.5) is 0 Å². The molecule has 0 saturated carbocycles. The van der Waals surface area contributed by atoms with Gasteiger partial charge in [0.2, 0.25) is 5.91 Å². The maximum atomic E-state index is 10.9. The lowest BCUT2D eigenvalue weighted by Crippen LogP contribution is -2.42. The van der Waals surface area contributed by atoms with E-state index in [4.69, 9.17) is 4.55 Å². The van der Waals surface area contributed by atoms with Crippen LogP contribution < -0.4 is 5.32 Å². The summed E-state index contributed by atoms with van der Waals surface area (Å²) < 4.78 is 30.8. The second-order valence-electron chi connectivity index (χ2n) is 3.18. The van der Waals surface area contributed by atoms with Crippen LogP contribution in [0, 0.1) is 0 Å². The van der Waals surface area contributed by atoms with Gasteiger partial charge in [-0.25, -0.2) is 20.0 Å². The standard InChI is InChI=1S/C7H7N5O4S/c1-3(13)10-6-4-5(9-2-8-4)11-7(12-6)17(14,15)16/h2,7H,1H3,(H,10,12,13)(H,14,15,16). The molecule has 2 heterocycles. The summed E-state index contributed by atoms with van der Waals surface area (Å²) in [7, 11) is -4.49. The number of fused-ring (bicyclic) bond motifs is 1. The van der Waals surface area contributed by atoms with E-state index in [-0.39, 0.29) is 17.4 Å². The van der Waals surface area contributed by atoms with Crippen molar-refractivity contribution in [1.29, 1.82) is 0 Å². The first kappa shape index (κ1) is 11.5. The van der Waals surface area contributed by atoms with Crippen LogP contribution >= 0.6 is 0 Å². The van der Waals surface area contributed by atoms with Crippen molar-refractivity contribution >= 4 is 39.7 Å². The third kappa shape index (κ3) is 2.26. The minimum Gasteiger partial charge on any atom is -0.309 e. The molecule has 10 heteroatoms. The van der Waals surface area contributed by atoms with Crippen molar-refractivity contribution in [2.45, 2.75) is 12.4 Å². The van der Waals surface area contributed by atoms with E-state index in [9.17, 15) is 13.2 Å². The van der Waals surface area contributed by atoms with Gasteiger partial charge in [0, 0.05) is 6.92 Å². The monoisotopic (exact) mass is 257 g/mol. The second-order valence-corrected chi connectivity index (χ2v) is 4.63. The average molecular weight is 257 g/mol. The number of amides is 1. The Bertz CT molecular complexity index is 600. The fraction of sp³-hybridized carbons (Fsp3) is 0.286. The van der Waals surface area contributed by atoms with Crippen molar-refractivity contribution in [2.75, 3.05) is 0 Å². The van der Waals surface area contributed by atoms with E-state index >= 15 is 0 Å². The van der Waals surface area contributed by atoms with Gasteiger partial charge in [0.1, 0.15) is 6.34 Å². The summed E-state index contributed by atoms with van der Waals surface area (Å²) in [6, 6.07) is 0. The topological polar surface area (TPSA) is 133 Å². The lowest BCUT2D eigenvalue weighted by Gasteiger charge is -2.15. The largest absolute Gasteiger partial charge is 0.309 e. The Hall–Kier alpha value is -1.94. The number of nitrogens with zero attached hydrogens (tertiary/aromatic N) is 4. The number of carbonyl (C=O) groups is 1. The quantitative estimate of drug-likeness (QED) is 0.558. The van der Waals surface area contributed by atoms with E-state index in [0.717, 1.165) is 6.34 Å². The highest BCUT2D eigenvalue weighted by atomic mass is 32.2. The number of amidine groups is 2. The molecule has 2 N–H and O–H groups in total. The molecule has 0 bridgehead atoms. The van der Waals surface area contributed by atoms with E-state index in [1.165, 1.54) is 6.92 Å². The fourth-order valence-corrected chi connectivity index (χ4v) is 1.69. The summed E-state index contributed by atoms with van der Waals surface area (Å²) in [4.78, 5) is 25.6. The molecule has 0 aromatic carbocycles. The van der Waals surface area contributed by atoms with Gasteiger partial charge in [0.15, 0.2) is 17.4 Å². The zero-order chi connectivity index (χ0) is 12.6. The summed E-state index contributed by atoms with van der Waals surface area (Å²) in [6.07, 6.45) is 1.15. The highest BCUT2D eigenvalue weighted by molar-refractivity contribution is 7.86. The normalized spacial score (nSPS) is 22.5. The molecular formula is C7H7N5O4S. The first-order valence-corrected chi connectivity index (χ1v) is 5.89. The Labute approximate surface area is 95.8 Å². The van der Waals surface area contributed by atoms with Crippen molar-refractivity contribution in [3.05, 3.63) is 0 Å². The minimum atomic E-state index is -4.49. The van der Waals surface area contributed by atoms with E-state index < -0.39 is 21.5 Å². The Morgan fingerprint density at radius 2 is 2.18 bits per heavy atom. The van der Waals surface area contributed by atoms with Gasteiger partial charge in [-0.1, -0.05) is 0 Å². The van der Waals surface area contributed by atoms with Crippen molar-refractivity contribution in [1.82, 2.24) is 5.32 Å². The van der Waals surface area contributed by atoms with E-state index in [2.05, 4.69) is 25.3 Å². The number of carbonyl (C=O) groups excluding carboxylic acids is 1. The van der Waals surface area contributed by atoms with Crippen molar-refractivity contribution in [3.63, 3.8) is 0 Å². The van der Waals surface area contributed by atoms with Crippen LogP contribution in [0.15, 0.2) is 20.0 Å². The molecule has 1 amide bonds. The van der Waals surface area contributed by atoms with Crippen molar-refractivity contribution in [3.8, 4) is 0 Å². The Morgan fingerprint density at radius 3 is 2.76 bits per heavy atom. The Kier molecular flexibility index (Phi) is 2.59. The van der Waals surface area contributed by atoms with Gasteiger partial charge >= 0.3 is 10.1 Å². The van der Waals surface area contributed by atoms with Gasteiger partial charge in [-0.05, 0) is 0 Å². The predicted molar refractivity (Wildman–Crippen MR) is 60.0 cm³/mol. The molecule has 2 aliphatic rings. The molecule has 0 saturated heterocycles. The highest BCUT2D eigenvalue weighted by Crippen LogP contribution is 2.12. The number of hydrogen-bond acceptors (Lipinski definition) is 7. The van der Waals surface area contributed by atoms with Crippen LogP contribution in [-0.4, -0.2) is 48.1 Å². The lowest BCUT2D eigenvalue weighted by atomic mass is 10.3. The molecule has 90 valence electrons. The SMILES string of the molecule is CC(=O)NC1=NC(S(=O)(=O)O)N=C2N=CN=C21. The van der Waals surface area contributed by atoms with E-state index in [0.29, 0.717) is 0 Å². The fourth-order valence-electron chi connectivity index (χ4n) is 1.22. The molecule has 0 fully saturated rings. The van der Waals surface area contributed by atoms with Gasteiger partial charge in [0.25, 0.3) is 5.50 Å². The molecule has 2 rings (SSSR count). The average Bonchev–Trinajstić information content (AvgIpc) is 2.62. The molecule has 0 spiro atoms. The number of nitrogens with one attached hydrogen (secondary N) is 1. The molecule has 0 radical (unpaired) electrons. The number of aliphatic imine (C=N–C) groups is 4. The van der Waals surface area contributed by atoms with Gasteiger partial charge in [-0.15, -0.1) is 0 Å². The smallest absolute Gasteiger partial charge is 0.309 e. The molecule has 1 unspecified atom stereocenters. The van der Waals surface area contributed by atoms with Gasteiger partial charge in [-0.2, -0.15) is 8.42 Å². The molecular weight excluding hydrogens is 250 g/mol. The first-order chi connectivity index (χ1) is 7.88. The summed E-state index contributed by atoms with van der Waals surface area (Å²) >= 11 is 0. The van der Waals surface area contributed by atoms with Gasteiger partial charge < -0.3 is 5.32 Å². The van der Waals surface area contributed by atoms with Crippen LogP contribution in [0.25, 0.3) is 0 Å². The molecule has 1 atom stereocenters. The molecule has 0 aromatic heterocycles. The van der Waals surface area contributed by atoms with Crippen LogP contribution in [0.3, 0.4) is 0 Å². The van der Waals surface area contributed by atoms with Crippen LogP contribution in [0.2, 0.25) is 0 Å². The van der Waals surface area contributed by atoms with Crippen LogP contribution in [0.1, 0.15) is 6.92 Å². The van der Waals surface area contributed by atoms with Crippen molar-refractivity contribution in [2.24, 2.45) is 20.0 Å². The minimum absolute atomic E-state index is 0.00590.